The van der Waals surface area contributed by atoms with Crippen LogP contribution in [0.3, 0.4) is 0 Å². The summed E-state index contributed by atoms with van der Waals surface area (Å²) < 4.78 is 11.6. The third-order valence-electron chi connectivity index (χ3n) is 5.28. The van der Waals surface area contributed by atoms with Crippen molar-refractivity contribution in [1.82, 2.24) is 4.98 Å². The Bertz CT molecular complexity index is 1210. The van der Waals surface area contributed by atoms with E-state index in [1.165, 1.54) is 11.1 Å². The third-order valence-corrected chi connectivity index (χ3v) is 5.28. The second-order valence-corrected chi connectivity index (χ2v) is 7.68. The maximum atomic E-state index is 12.6. The Kier molecular flexibility index (Phi) is 6.03. The predicted octanol–water partition coefficient (Wildman–Crippen LogP) is 6.54. The largest absolute Gasteiger partial charge is 0.494 e. The summed E-state index contributed by atoms with van der Waals surface area (Å²) in [5, 5.41) is 2.93. The predicted molar refractivity (Wildman–Crippen MR) is 124 cm³/mol. The molecule has 31 heavy (non-hydrogen) atoms. The molecule has 1 N–H and O–H groups in total. The Labute approximate surface area is 182 Å². The van der Waals surface area contributed by atoms with Gasteiger partial charge in [0.15, 0.2) is 5.58 Å². The molecule has 0 aliphatic heterocycles. The van der Waals surface area contributed by atoms with Gasteiger partial charge in [-0.2, -0.15) is 0 Å². The number of anilines is 1. The van der Waals surface area contributed by atoms with Gasteiger partial charge in [-0.3, -0.25) is 4.79 Å². The molecule has 1 aromatic heterocycles. The number of nitrogens with zero attached hydrogens (tertiary/aromatic N) is 1. The van der Waals surface area contributed by atoms with Crippen molar-refractivity contribution in [1.29, 1.82) is 0 Å². The molecular weight excluding hydrogens is 388 g/mol. The lowest BCUT2D eigenvalue weighted by molar-refractivity contribution is 0.102. The van der Waals surface area contributed by atoms with Crippen molar-refractivity contribution in [2.24, 2.45) is 0 Å². The summed E-state index contributed by atoms with van der Waals surface area (Å²) in [7, 11) is 0. The number of benzene rings is 3. The van der Waals surface area contributed by atoms with E-state index in [1.807, 2.05) is 36.4 Å². The van der Waals surface area contributed by atoms with E-state index in [1.54, 1.807) is 12.1 Å². The van der Waals surface area contributed by atoms with E-state index >= 15 is 0 Å². The molecule has 0 spiro atoms. The van der Waals surface area contributed by atoms with Crippen LogP contribution in [-0.2, 0) is 0 Å². The molecule has 0 saturated heterocycles. The molecule has 5 nitrogen and oxygen atoms in total. The minimum absolute atomic E-state index is 0.183. The van der Waals surface area contributed by atoms with Crippen molar-refractivity contribution in [2.75, 3.05) is 11.9 Å². The molecule has 1 heterocycles. The fourth-order valence-corrected chi connectivity index (χ4v) is 3.24. The van der Waals surface area contributed by atoms with Gasteiger partial charge in [-0.25, -0.2) is 4.98 Å². The fourth-order valence-electron chi connectivity index (χ4n) is 3.24. The second kappa shape index (κ2) is 9.04. The molecule has 0 fully saturated rings. The smallest absolute Gasteiger partial charge is 0.255 e. The molecule has 0 unspecified atom stereocenters. The standard InChI is InChI=1S/C26H26N2O3/c1-4-5-14-30-22-11-8-19(9-12-22)25(29)27-21-10-13-24-23(16-21)28-26(31-24)20-7-6-17(2)18(3)15-20/h6-13,15-16H,4-5,14H2,1-3H3,(H,27,29). The van der Waals surface area contributed by atoms with Crippen molar-refractivity contribution < 1.29 is 13.9 Å². The number of carbonyl (C=O) groups is 1. The number of hydrogen-bond donors (Lipinski definition) is 1. The highest BCUT2D eigenvalue weighted by atomic mass is 16.5. The van der Waals surface area contributed by atoms with E-state index in [0.717, 1.165) is 24.2 Å². The van der Waals surface area contributed by atoms with Crippen molar-refractivity contribution in [2.45, 2.75) is 33.6 Å². The van der Waals surface area contributed by atoms with Crippen LogP contribution in [0.2, 0.25) is 0 Å². The number of carbonyl (C=O) groups excluding carboxylic acids is 1. The highest BCUT2D eigenvalue weighted by molar-refractivity contribution is 6.05. The lowest BCUT2D eigenvalue weighted by Crippen LogP contribution is -2.11. The van der Waals surface area contributed by atoms with Crippen LogP contribution in [0.4, 0.5) is 5.69 Å². The maximum Gasteiger partial charge on any atom is 0.255 e. The zero-order valence-corrected chi connectivity index (χ0v) is 18.1. The summed E-state index contributed by atoms with van der Waals surface area (Å²) in [6, 6.07) is 18.8. The molecule has 4 rings (SSSR count). The number of aryl methyl sites for hydroxylation is 2. The van der Waals surface area contributed by atoms with E-state index < -0.39 is 0 Å². The van der Waals surface area contributed by atoms with E-state index in [2.05, 4.69) is 43.2 Å². The molecule has 1 amide bonds. The topological polar surface area (TPSA) is 64.4 Å². The highest BCUT2D eigenvalue weighted by Gasteiger charge is 2.12. The molecule has 0 saturated carbocycles. The highest BCUT2D eigenvalue weighted by Crippen LogP contribution is 2.27. The van der Waals surface area contributed by atoms with Gasteiger partial charge in [-0.1, -0.05) is 19.4 Å². The van der Waals surface area contributed by atoms with Crippen LogP contribution in [0.25, 0.3) is 22.6 Å². The molecule has 0 aliphatic carbocycles. The zero-order valence-electron chi connectivity index (χ0n) is 18.1. The fraction of sp³-hybridized carbons (Fsp3) is 0.231. The van der Waals surface area contributed by atoms with Gasteiger partial charge in [0.1, 0.15) is 11.3 Å². The van der Waals surface area contributed by atoms with Gasteiger partial charge >= 0.3 is 0 Å². The van der Waals surface area contributed by atoms with Crippen molar-refractivity contribution in [3.05, 3.63) is 77.4 Å². The SMILES string of the molecule is CCCCOc1ccc(C(=O)Nc2ccc3oc(-c4ccc(C)c(C)c4)nc3c2)cc1. The molecule has 158 valence electrons. The molecule has 0 radical (unpaired) electrons. The van der Waals surface area contributed by atoms with Gasteiger partial charge in [0.2, 0.25) is 5.89 Å². The van der Waals surface area contributed by atoms with Crippen LogP contribution in [-0.4, -0.2) is 17.5 Å². The molecule has 4 aromatic rings. The number of hydrogen-bond acceptors (Lipinski definition) is 4. The van der Waals surface area contributed by atoms with Crippen molar-refractivity contribution in [3.63, 3.8) is 0 Å². The monoisotopic (exact) mass is 414 g/mol. The van der Waals surface area contributed by atoms with Crippen molar-refractivity contribution in [3.8, 4) is 17.2 Å². The molecule has 0 atom stereocenters. The number of fused-ring (bicyclic) bond motifs is 1. The minimum Gasteiger partial charge on any atom is -0.494 e. The van der Waals surface area contributed by atoms with Gasteiger partial charge in [-0.05, 0) is 86.0 Å². The van der Waals surface area contributed by atoms with Crippen molar-refractivity contribution >= 4 is 22.7 Å². The van der Waals surface area contributed by atoms with E-state index in [9.17, 15) is 4.79 Å². The third kappa shape index (κ3) is 4.77. The Hall–Kier alpha value is -3.60. The maximum absolute atomic E-state index is 12.6. The summed E-state index contributed by atoms with van der Waals surface area (Å²) in [6.07, 6.45) is 2.10. The molecule has 3 aromatic carbocycles. The lowest BCUT2D eigenvalue weighted by Gasteiger charge is -2.07. The molecular formula is C26H26N2O3. The van der Waals surface area contributed by atoms with Crippen LogP contribution < -0.4 is 10.1 Å². The number of aromatic nitrogens is 1. The van der Waals surface area contributed by atoms with Crippen LogP contribution in [0.15, 0.2) is 65.1 Å². The number of ether oxygens (including phenoxy) is 1. The van der Waals surface area contributed by atoms with Gasteiger partial charge in [-0.15, -0.1) is 0 Å². The van der Waals surface area contributed by atoms with Gasteiger partial charge in [0, 0.05) is 16.8 Å². The Morgan fingerprint density at radius 1 is 1.00 bits per heavy atom. The summed E-state index contributed by atoms with van der Waals surface area (Å²) in [6.45, 7) is 6.95. The first-order valence-electron chi connectivity index (χ1n) is 10.6. The quantitative estimate of drug-likeness (QED) is 0.349. The first kappa shape index (κ1) is 20.7. The lowest BCUT2D eigenvalue weighted by atomic mass is 10.1. The van der Waals surface area contributed by atoms with Gasteiger partial charge < -0.3 is 14.5 Å². The van der Waals surface area contributed by atoms with E-state index in [4.69, 9.17) is 9.15 Å². The average molecular weight is 415 g/mol. The first-order chi connectivity index (χ1) is 15.0. The normalized spacial score (nSPS) is 10.9. The van der Waals surface area contributed by atoms with E-state index in [0.29, 0.717) is 34.8 Å². The van der Waals surface area contributed by atoms with Crippen LogP contribution >= 0.6 is 0 Å². The summed E-state index contributed by atoms with van der Waals surface area (Å²) in [5.74, 6) is 1.16. The number of rotatable bonds is 7. The number of amides is 1. The minimum atomic E-state index is -0.183. The zero-order chi connectivity index (χ0) is 21.8. The number of nitrogens with one attached hydrogen (secondary N) is 1. The summed E-state index contributed by atoms with van der Waals surface area (Å²) >= 11 is 0. The Morgan fingerprint density at radius 3 is 2.55 bits per heavy atom. The number of oxazole rings is 1. The van der Waals surface area contributed by atoms with Gasteiger partial charge in [0.25, 0.3) is 5.91 Å². The Balaban J connectivity index is 1.48. The van der Waals surface area contributed by atoms with Crippen LogP contribution in [0, 0.1) is 13.8 Å². The second-order valence-electron chi connectivity index (χ2n) is 7.68. The first-order valence-corrected chi connectivity index (χ1v) is 10.6. The molecule has 0 bridgehead atoms. The summed E-state index contributed by atoms with van der Waals surface area (Å²) in [4.78, 5) is 17.2. The van der Waals surface area contributed by atoms with Crippen LogP contribution in [0.1, 0.15) is 41.3 Å². The molecule has 5 heteroatoms. The van der Waals surface area contributed by atoms with E-state index in [-0.39, 0.29) is 5.91 Å². The van der Waals surface area contributed by atoms with Gasteiger partial charge in [0.05, 0.1) is 6.61 Å². The average Bonchev–Trinajstić information content (AvgIpc) is 3.20. The molecule has 0 aliphatic rings. The van der Waals surface area contributed by atoms with Crippen LogP contribution in [0.5, 0.6) is 5.75 Å². The Morgan fingerprint density at radius 2 is 1.81 bits per heavy atom. The number of unbranched alkanes of at least 4 members (excludes halogenated alkanes) is 1. The summed E-state index contributed by atoms with van der Waals surface area (Å²) in [5.41, 5.74) is 5.97.